The minimum Gasteiger partial charge on any atom is -0.480 e. The topological polar surface area (TPSA) is 49.3 Å². The number of carboxylic acid groups (broad SMARTS) is 1. The predicted octanol–water partition coefficient (Wildman–Crippen LogP) is 1.95. The van der Waals surface area contributed by atoms with Crippen molar-refractivity contribution in [3.8, 4) is 0 Å². The van der Waals surface area contributed by atoms with Crippen LogP contribution in [0.25, 0.3) is 0 Å². The minimum atomic E-state index is -0.836. The van der Waals surface area contributed by atoms with E-state index in [4.69, 9.17) is 16.7 Å². The summed E-state index contributed by atoms with van der Waals surface area (Å²) in [6.07, 6.45) is 0.448. The number of carbonyl (C=O) groups is 1. The van der Waals surface area contributed by atoms with E-state index in [0.717, 1.165) is 5.56 Å². The van der Waals surface area contributed by atoms with Crippen LogP contribution in [0.15, 0.2) is 24.3 Å². The largest absolute Gasteiger partial charge is 0.480 e. The van der Waals surface area contributed by atoms with Gasteiger partial charge in [-0.2, -0.15) is 0 Å². The van der Waals surface area contributed by atoms with Crippen molar-refractivity contribution in [1.29, 1.82) is 0 Å². The van der Waals surface area contributed by atoms with Crippen LogP contribution in [0.3, 0.4) is 0 Å². The van der Waals surface area contributed by atoms with Gasteiger partial charge in [0.2, 0.25) is 0 Å². The lowest BCUT2D eigenvalue weighted by Crippen LogP contribution is -2.38. The van der Waals surface area contributed by atoms with E-state index < -0.39 is 12.0 Å². The van der Waals surface area contributed by atoms with E-state index in [-0.39, 0.29) is 0 Å². The summed E-state index contributed by atoms with van der Waals surface area (Å²) in [5.74, 6) is -0.836. The van der Waals surface area contributed by atoms with Gasteiger partial charge in [0, 0.05) is 5.02 Å². The van der Waals surface area contributed by atoms with Gasteiger partial charge in [0.15, 0.2) is 0 Å². The zero-order valence-corrected chi connectivity index (χ0v) is 9.29. The number of rotatable bonds is 5. The maximum Gasteiger partial charge on any atom is 0.321 e. The third-order valence-electron chi connectivity index (χ3n) is 2.08. The van der Waals surface area contributed by atoms with Crippen LogP contribution in [0.2, 0.25) is 5.02 Å². The maximum atomic E-state index is 10.9. The second-order valence-electron chi connectivity index (χ2n) is 3.28. The first-order chi connectivity index (χ1) is 7.13. The molecule has 0 radical (unpaired) electrons. The number of aliphatic carboxylic acids is 1. The van der Waals surface area contributed by atoms with Crippen molar-refractivity contribution in [2.45, 2.75) is 19.4 Å². The lowest BCUT2D eigenvalue weighted by molar-refractivity contribution is -0.139. The summed E-state index contributed by atoms with van der Waals surface area (Å²) in [4.78, 5) is 10.9. The Balaban J connectivity index is 2.69. The molecule has 1 atom stereocenters. The van der Waals surface area contributed by atoms with Crippen LogP contribution in [0, 0.1) is 0 Å². The van der Waals surface area contributed by atoms with Crippen LogP contribution in [0.4, 0.5) is 0 Å². The third kappa shape index (κ3) is 3.90. The van der Waals surface area contributed by atoms with E-state index in [9.17, 15) is 4.79 Å². The standard InChI is InChI=1S/C11H14ClNO2/c1-2-13-10(11(14)15)7-8-4-3-5-9(12)6-8/h3-6,10,13H,2,7H2,1H3,(H,14,15)/t10-/m0/s1. The molecule has 0 aromatic heterocycles. The molecule has 0 aliphatic rings. The number of carboxylic acids is 1. The fraction of sp³-hybridized carbons (Fsp3) is 0.364. The van der Waals surface area contributed by atoms with Gasteiger partial charge < -0.3 is 10.4 Å². The Morgan fingerprint density at radius 2 is 2.33 bits per heavy atom. The molecule has 1 aromatic carbocycles. The van der Waals surface area contributed by atoms with Gasteiger partial charge in [0.1, 0.15) is 6.04 Å². The van der Waals surface area contributed by atoms with Crippen LogP contribution in [0.5, 0.6) is 0 Å². The molecular weight excluding hydrogens is 214 g/mol. The van der Waals surface area contributed by atoms with Gasteiger partial charge in [-0.25, -0.2) is 0 Å². The predicted molar refractivity (Wildman–Crippen MR) is 60.3 cm³/mol. The number of nitrogens with one attached hydrogen (secondary N) is 1. The number of likely N-dealkylation sites (N-methyl/N-ethyl adjacent to an activating group) is 1. The molecule has 0 unspecified atom stereocenters. The van der Waals surface area contributed by atoms with Gasteiger partial charge in [-0.3, -0.25) is 4.79 Å². The molecule has 4 heteroatoms. The fourth-order valence-electron chi connectivity index (χ4n) is 1.39. The highest BCUT2D eigenvalue weighted by molar-refractivity contribution is 6.30. The normalized spacial score (nSPS) is 12.4. The van der Waals surface area contributed by atoms with Crippen molar-refractivity contribution >= 4 is 17.6 Å². The molecule has 3 nitrogen and oxygen atoms in total. The summed E-state index contributed by atoms with van der Waals surface area (Å²) in [5, 5.41) is 12.5. The summed E-state index contributed by atoms with van der Waals surface area (Å²) in [6, 6.07) is 6.71. The Morgan fingerprint density at radius 3 is 2.87 bits per heavy atom. The Hall–Kier alpha value is -1.06. The number of hydrogen-bond donors (Lipinski definition) is 2. The van der Waals surface area contributed by atoms with E-state index in [1.54, 1.807) is 12.1 Å². The highest BCUT2D eigenvalue weighted by atomic mass is 35.5. The Kier molecular flexibility index (Phi) is 4.59. The summed E-state index contributed by atoms with van der Waals surface area (Å²) >= 11 is 5.82. The summed E-state index contributed by atoms with van der Waals surface area (Å²) in [5.41, 5.74) is 0.927. The highest BCUT2D eigenvalue weighted by Crippen LogP contribution is 2.12. The highest BCUT2D eigenvalue weighted by Gasteiger charge is 2.16. The van der Waals surface area contributed by atoms with Crippen molar-refractivity contribution in [3.05, 3.63) is 34.9 Å². The first-order valence-corrected chi connectivity index (χ1v) is 5.22. The number of hydrogen-bond acceptors (Lipinski definition) is 2. The van der Waals surface area contributed by atoms with E-state index in [0.29, 0.717) is 18.0 Å². The van der Waals surface area contributed by atoms with E-state index >= 15 is 0 Å². The molecule has 0 spiro atoms. The van der Waals surface area contributed by atoms with Crippen molar-refractivity contribution in [2.24, 2.45) is 0 Å². The fourth-order valence-corrected chi connectivity index (χ4v) is 1.61. The molecule has 0 saturated heterocycles. The maximum absolute atomic E-state index is 10.9. The third-order valence-corrected chi connectivity index (χ3v) is 2.31. The molecule has 0 bridgehead atoms. The van der Waals surface area contributed by atoms with E-state index in [1.807, 2.05) is 19.1 Å². The first-order valence-electron chi connectivity index (χ1n) is 4.84. The molecule has 1 aromatic rings. The Bertz CT molecular complexity index is 341. The molecular formula is C11H14ClNO2. The molecule has 0 saturated carbocycles. The molecule has 0 aliphatic carbocycles. The number of benzene rings is 1. The van der Waals surface area contributed by atoms with Crippen LogP contribution in [0.1, 0.15) is 12.5 Å². The van der Waals surface area contributed by atoms with Crippen LogP contribution in [-0.2, 0) is 11.2 Å². The van der Waals surface area contributed by atoms with Crippen LogP contribution >= 0.6 is 11.6 Å². The van der Waals surface area contributed by atoms with Gasteiger partial charge in [-0.05, 0) is 30.7 Å². The molecule has 0 amide bonds. The van der Waals surface area contributed by atoms with Crippen molar-refractivity contribution < 1.29 is 9.90 Å². The van der Waals surface area contributed by atoms with Crippen LogP contribution in [-0.4, -0.2) is 23.7 Å². The van der Waals surface area contributed by atoms with Gasteiger partial charge >= 0.3 is 5.97 Å². The first kappa shape index (κ1) is 12.0. The average molecular weight is 228 g/mol. The molecule has 0 fully saturated rings. The average Bonchev–Trinajstić information content (AvgIpc) is 2.17. The van der Waals surface area contributed by atoms with Gasteiger partial charge in [0.25, 0.3) is 0 Å². The lowest BCUT2D eigenvalue weighted by atomic mass is 10.1. The zero-order chi connectivity index (χ0) is 11.3. The molecule has 0 heterocycles. The molecule has 15 heavy (non-hydrogen) atoms. The molecule has 0 aliphatic heterocycles. The Labute approximate surface area is 94.1 Å². The summed E-state index contributed by atoms with van der Waals surface area (Å²) in [7, 11) is 0. The van der Waals surface area contributed by atoms with Gasteiger partial charge in [-0.15, -0.1) is 0 Å². The van der Waals surface area contributed by atoms with Gasteiger partial charge in [0.05, 0.1) is 0 Å². The van der Waals surface area contributed by atoms with Crippen LogP contribution < -0.4 is 5.32 Å². The zero-order valence-electron chi connectivity index (χ0n) is 8.53. The smallest absolute Gasteiger partial charge is 0.321 e. The second-order valence-corrected chi connectivity index (χ2v) is 3.72. The summed E-state index contributed by atoms with van der Waals surface area (Å²) < 4.78 is 0. The van der Waals surface area contributed by atoms with E-state index in [2.05, 4.69) is 5.32 Å². The molecule has 1 rings (SSSR count). The monoisotopic (exact) mass is 227 g/mol. The molecule has 82 valence electrons. The SMILES string of the molecule is CCN[C@@H](Cc1cccc(Cl)c1)C(=O)O. The number of halogens is 1. The van der Waals surface area contributed by atoms with Gasteiger partial charge in [-0.1, -0.05) is 30.7 Å². The minimum absolute atomic E-state index is 0.448. The molecule has 2 N–H and O–H groups in total. The second kappa shape index (κ2) is 5.73. The lowest BCUT2D eigenvalue weighted by Gasteiger charge is -2.12. The summed E-state index contributed by atoms with van der Waals surface area (Å²) in [6.45, 7) is 2.52. The quantitative estimate of drug-likeness (QED) is 0.809. The van der Waals surface area contributed by atoms with E-state index in [1.165, 1.54) is 0 Å². The van der Waals surface area contributed by atoms with Crippen molar-refractivity contribution in [3.63, 3.8) is 0 Å². The van der Waals surface area contributed by atoms with Crippen molar-refractivity contribution in [2.75, 3.05) is 6.54 Å². The van der Waals surface area contributed by atoms with Crippen molar-refractivity contribution in [1.82, 2.24) is 5.32 Å². The Morgan fingerprint density at radius 1 is 1.60 bits per heavy atom.